The van der Waals surface area contributed by atoms with Crippen molar-refractivity contribution in [3.63, 3.8) is 0 Å². The summed E-state index contributed by atoms with van der Waals surface area (Å²) < 4.78 is 0. The van der Waals surface area contributed by atoms with Gasteiger partial charge in [-0.3, -0.25) is 4.79 Å². The van der Waals surface area contributed by atoms with Gasteiger partial charge in [0.2, 0.25) is 5.28 Å². The summed E-state index contributed by atoms with van der Waals surface area (Å²) in [4.78, 5) is 24.7. The van der Waals surface area contributed by atoms with Gasteiger partial charge in [-0.2, -0.15) is 0 Å². The van der Waals surface area contributed by atoms with Crippen LogP contribution in [0.1, 0.15) is 46.2 Å². The number of amides is 1. The molecule has 134 valence electrons. The lowest BCUT2D eigenvalue weighted by Crippen LogP contribution is -2.30. The monoisotopic (exact) mass is 361 g/mol. The van der Waals surface area contributed by atoms with Crippen molar-refractivity contribution in [2.75, 3.05) is 0 Å². The Hall–Kier alpha value is -2.21. The standard InChI is InChI=1S/C18H24ClN5O/c1-11(2)14(12(3)15(20-5)24-18(4)7-8-18)16(25)22-10-13-6-9-21-17(19)23-13/h6,9,24H,5,7-8,10H2,1-4H3,(H,22,25)/b15-12-. The van der Waals surface area contributed by atoms with Gasteiger partial charge in [-0.05, 0) is 64.9 Å². The number of halogens is 1. The summed E-state index contributed by atoms with van der Waals surface area (Å²) in [5.41, 5.74) is 2.98. The van der Waals surface area contributed by atoms with E-state index < -0.39 is 0 Å². The predicted molar refractivity (Wildman–Crippen MR) is 100 cm³/mol. The Kier molecular flexibility index (Phi) is 5.95. The van der Waals surface area contributed by atoms with Crippen LogP contribution < -0.4 is 10.6 Å². The molecule has 1 aromatic heterocycles. The molecule has 0 bridgehead atoms. The van der Waals surface area contributed by atoms with E-state index in [0.29, 0.717) is 17.1 Å². The van der Waals surface area contributed by atoms with Crippen molar-refractivity contribution in [3.05, 3.63) is 45.8 Å². The van der Waals surface area contributed by atoms with E-state index in [1.54, 1.807) is 12.3 Å². The van der Waals surface area contributed by atoms with E-state index >= 15 is 0 Å². The molecule has 0 unspecified atom stereocenters. The van der Waals surface area contributed by atoms with E-state index in [9.17, 15) is 4.79 Å². The number of aromatic nitrogens is 2. The smallest absolute Gasteiger partial charge is 0.251 e. The van der Waals surface area contributed by atoms with Gasteiger partial charge in [0.25, 0.3) is 5.91 Å². The van der Waals surface area contributed by atoms with Crippen molar-refractivity contribution in [2.45, 2.75) is 52.6 Å². The Morgan fingerprint density at radius 3 is 2.60 bits per heavy atom. The first-order valence-corrected chi connectivity index (χ1v) is 8.53. The maximum absolute atomic E-state index is 12.7. The normalized spacial score (nSPS) is 15.7. The van der Waals surface area contributed by atoms with Crippen LogP contribution in [0.4, 0.5) is 0 Å². The van der Waals surface area contributed by atoms with Crippen molar-refractivity contribution >= 4 is 24.2 Å². The number of hydrogen-bond donors (Lipinski definition) is 2. The first-order chi connectivity index (χ1) is 11.8. The summed E-state index contributed by atoms with van der Waals surface area (Å²) in [5.74, 6) is 0.465. The van der Waals surface area contributed by atoms with E-state index in [-0.39, 0.29) is 23.3 Å². The molecule has 0 spiro atoms. The molecule has 0 saturated heterocycles. The molecule has 25 heavy (non-hydrogen) atoms. The van der Waals surface area contributed by atoms with Gasteiger partial charge in [0.1, 0.15) is 5.82 Å². The molecule has 0 atom stereocenters. The Morgan fingerprint density at radius 1 is 1.40 bits per heavy atom. The van der Waals surface area contributed by atoms with Crippen molar-refractivity contribution in [1.82, 2.24) is 20.6 Å². The third kappa shape index (κ3) is 5.13. The van der Waals surface area contributed by atoms with E-state index in [2.05, 4.69) is 39.2 Å². The molecule has 0 radical (unpaired) electrons. The van der Waals surface area contributed by atoms with Crippen molar-refractivity contribution in [3.8, 4) is 0 Å². The lowest BCUT2D eigenvalue weighted by atomic mass is 10.0. The second kappa shape index (κ2) is 7.78. The predicted octanol–water partition coefficient (Wildman–Crippen LogP) is 3.16. The zero-order chi connectivity index (χ0) is 18.6. The summed E-state index contributed by atoms with van der Waals surface area (Å²) in [6.07, 6.45) is 3.73. The number of aliphatic imine (C=N–C) groups is 1. The average Bonchev–Trinajstić information content (AvgIpc) is 3.28. The van der Waals surface area contributed by atoms with Crippen LogP contribution in [0.3, 0.4) is 0 Å². The van der Waals surface area contributed by atoms with Gasteiger partial charge in [0.15, 0.2) is 0 Å². The third-order valence-corrected chi connectivity index (χ3v) is 4.33. The lowest BCUT2D eigenvalue weighted by molar-refractivity contribution is -0.117. The highest BCUT2D eigenvalue weighted by Crippen LogP contribution is 2.36. The second-order valence-electron chi connectivity index (χ2n) is 6.69. The highest BCUT2D eigenvalue weighted by Gasteiger charge is 2.38. The van der Waals surface area contributed by atoms with E-state index in [0.717, 1.165) is 24.0 Å². The van der Waals surface area contributed by atoms with Crippen LogP contribution in [0.5, 0.6) is 0 Å². The molecule has 6 nitrogen and oxygen atoms in total. The minimum Gasteiger partial charge on any atom is -0.365 e. The minimum absolute atomic E-state index is 0.0543. The summed E-state index contributed by atoms with van der Waals surface area (Å²) >= 11 is 5.77. The Balaban J connectivity index is 2.17. The first kappa shape index (κ1) is 19.1. The van der Waals surface area contributed by atoms with Crippen molar-refractivity contribution in [2.24, 2.45) is 4.99 Å². The van der Waals surface area contributed by atoms with Crippen LogP contribution in [0, 0.1) is 0 Å². The van der Waals surface area contributed by atoms with Crippen LogP contribution in [-0.4, -0.2) is 28.1 Å². The van der Waals surface area contributed by atoms with Gasteiger partial charge < -0.3 is 10.6 Å². The summed E-state index contributed by atoms with van der Waals surface area (Å²) in [6.45, 7) is 11.7. The number of hydrogen-bond acceptors (Lipinski definition) is 5. The molecule has 1 aliphatic carbocycles. The molecule has 1 heterocycles. The number of rotatable bonds is 7. The van der Waals surface area contributed by atoms with Gasteiger partial charge in [-0.1, -0.05) is 5.57 Å². The number of allylic oxidation sites excluding steroid dienone is 1. The molecule has 2 N–H and O–H groups in total. The molecular formula is C18H24ClN5O. The minimum atomic E-state index is -0.184. The second-order valence-corrected chi connectivity index (χ2v) is 7.03. The fourth-order valence-electron chi connectivity index (χ4n) is 2.47. The van der Waals surface area contributed by atoms with Crippen molar-refractivity contribution in [1.29, 1.82) is 0 Å². The fourth-order valence-corrected chi connectivity index (χ4v) is 2.63. The molecule has 1 aromatic rings. The SMILES string of the molecule is C=N/C(NC1(C)CC1)=C(\C)C(C(=O)NCc1ccnc(Cl)n1)=C(C)C. The van der Waals surface area contributed by atoms with Crippen LogP contribution >= 0.6 is 11.6 Å². The van der Waals surface area contributed by atoms with Gasteiger partial charge >= 0.3 is 0 Å². The van der Waals surface area contributed by atoms with Gasteiger partial charge in [-0.25, -0.2) is 15.0 Å². The molecule has 0 aliphatic heterocycles. The Morgan fingerprint density at radius 2 is 2.08 bits per heavy atom. The maximum Gasteiger partial charge on any atom is 0.251 e. The van der Waals surface area contributed by atoms with E-state index in [1.165, 1.54) is 0 Å². The van der Waals surface area contributed by atoms with Gasteiger partial charge in [0, 0.05) is 22.9 Å². The van der Waals surface area contributed by atoms with Gasteiger partial charge in [0.05, 0.1) is 12.2 Å². The molecule has 1 amide bonds. The van der Waals surface area contributed by atoms with Crippen LogP contribution in [0.25, 0.3) is 0 Å². The first-order valence-electron chi connectivity index (χ1n) is 8.15. The molecule has 0 aromatic carbocycles. The summed E-state index contributed by atoms with van der Waals surface area (Å²) in [5, 5.41) is 6.42. The summed E-state index contributed by atoms with van der Waals surface area (Å²) in [6, 6.07) is 1.71. The van der Waals surface area contributed by atoms with Crippen LogP contribution in [0.15, 0.2) is 39.8 Å². The molecular weight excluding hydrogens is 338 g/mol. The molecule has 1 fully saturated rings. The lowest BCUT2D eigenvalue weighted by Gasteiger charge is -2.18. The maximum atomic E-state index is 12.7. The van der Waals surface area contributed by atoms with E-state index in [1.807, 2.05) is 20.8 Å². The number of carbonyl (C=O) groups excluding carboxylic acids is 1. The van der Waals surface area contributed by atoms with E-state index in [4.69, 9.17) is 11.6 Å². The highest BCUT2D eigenvalue weighted by atomic mass is 35.5. The summed E-state index contributed by atoms with van der Waals surface area (Å²) in [7, 11) is 0. The molecule has 1 aliphatic rings. The average molecular weight is 362 g/mol. The Bertz CT molecular complexity index is 746. The highest BCUT2D eigenvalue weighted by molar-refractivity contribution is 6.28. The number of nitrogens with one attached hydrogen (secondary N) is 2. The van der Waals surface area contributed by atoms with Crippen LogP contribution in [-0.2, 0) is 11.3 Å². The van der Waals surface area contributed by atoms with Gasteiger partial charge in [-0.15, -0.1) is 0 Å². The number of carbonyl (C=O) groups is 1. The molecule has 2 rings (SSSR count). The van der Waals surface area contributed by atoms with Crippen molar-refractivity contribution < 1.29 is 4.79 Å². The Labute approximate surface area is 153 Å². The largest absolute Gasteiger partial charge is 0.365 e. The zero-order valence-electron chi connectivity index (χ0n) is 15.1. The topological polar surface area (TPSA) is 79.3 Å². The fraction of sp³-hybridized carbons (Fsp3) is 0.444. The third-order valence-electron chi connectivity index (χ3n) is 4.15. The van der Waals surface area contributed by atoms with Crippen LogP contribution in [0.2, 0.25) is 5.28 Å². The number of nitrogens with zero attached hydrogens (tertiary/aromatic N) is 3. The molecule has 1 saturated carbocycles. The quantitative estimate of drug-likeness (QED) is 0.338. The zero-order valence-corrected chi connectivity index (χ0v) is 15.9. The molecule has 7 heteroatoms.